The topological polar surface area (TPSA) is 98.1 Å². The zero-order chi connectivity index (χ0) is 21.6. The molecule has 2 rings (SSSR count). The number of carbonyl (C=O) groups excluding carboxylic acids is 1. The van der Waals surface area contributed by atoms with Crippen LogP contribution in [-0.2, 0) is 21.4 Å². The smallest absolute Gasteiger partial charge is 0.244 e. The number of rotatable bonds is 9. The van der Waals surface area contributed by atoms with Crippen molar-refractivity contribution in [3.05, 3.63) is 53.5 Å². The summed E-state index contributed by atoms with van der Waals surface area (Å²) in [5.41, 5.74) is 0.869. The number of ether oxygens (including phenoxy) is 2. The molecule has 0 spiro atoms. The van der Waals surface area contributed by atoms with Crippen LogP contribution in [0.3, 0.4) is 0 Å². The summed E-state index contributed by atoms with van der Waals surface area (Å²) in [6.07, 6.45) is 4.02. The summed E-state index contributed by atoms with van der Waals surface area (Å²) in [5.74, 6) is 1.85. The van der Waals surface area contributed by atoms with Gasteiger partial charge in [0.15, 0.2) is 11.5 Å². The highest BCUT2D eigenvalue weighted by molar-refractivity contribution is 7.88. The van der Waals surface area contributed by atoms with E-state index in [4.69, 9.17) is 13.9 Å². The van der Waals surface area contributed by atoms with Crippen molar-refractivity contribution in [2.75, 3.05) is 27.5 Å². The third kappa shape index (κ3) is 6.37. The summed E-state index contributed by atoms with van der Waals surface area (Å²) in [5, 5.41) is 2.86. The van der Waals surface area contributed by atoms with Crippen LogP contribution in [0.2, 0.25) is 0 Å². The van der Waals surface area contributed by atoms with Crippen molar-refractivity contribution in [2.24, 2.45) is 0 Å². The van der Waals surface area contributed by atoms with Gasteiger partial charge in [-0.3, -0.25) is 4.79 Å². The molecular weight excluding hydrogens is 396 g/mol. The fourth-order valence-corrected chi connectivity index (χ4v) is 2.89. The molecule has 1 aromatic carbocycles. The molecule has 1 atom stereocenters. The maximum Gasteiger partial charge on any atom is 0.244 e. The lowest BCUT2D eigenvalue weighted by molar-refractivity contribution is -0.117. The molecule has 9 heteroatoms. The number of nitrogens with zero attached hydrogens (tertiary/aromatic N) is 1. The zero-order valence-electron chi connectivity index (χ0n) is 17.1. The van der Waals surface area contributed by atoms with Crippen molar-refractivity contribution < 1.29 is 27.1 Å². The summed E-state index contributed by atoms with van der Waals surface area (Å²) >= 11 is 0. The molecule has 29 heavy (non-hydrogen) atoms. The van der Waals surface area contributed by atoms with Gasteiger partial charge >= 0.3 is 0 Å². The molecule has 0 saturated carbocycles. The largest absolute Gasteiger partial charge is 0.493 e. The SMILES string of the molecule is COc1ccc([C@H](C)NC(=O)/C=C/c2ccc(CN(C)S(C)(=O)=O)o2)cc1OC. The number of hydrogen-bond donors (Lipinski definition) is 1. The molecule has 8 nitrogen and oxygen atoms in total. The highest BCUT2D eigenvalue weighted by Gasteiger charge is 2.14. The Morgan fingerprint density at radius 1 is 1.21 bits per heavy atom. The predicted octanol–water partition coefficient (Wildman–Crippen LogP) is 2.58. The Morgan fingerprint density at radius 3 is 2.52 bits per heavy atom. The quantitative estimate of drug-likeness (QED) is 0.624. The summed E-state index contributed by atoms with van der Waals surface area (Å²) in [7, 11) is 1.29. The Hall–Kier alpha value is -2.78. The number of carbonyl (C=O) groups is 1. The van der Waals surface area contributed by atoms with Crippen LogP contribution in [-0.4, -0.2) is 46.2 Å². The van der Waals surface area contributed by atoms with Crippen LogP contribution in [0.25, 0.3) is 6.08 Å². The van der Waals surface area contributed by atoms with Gasteiger partial charge in [0.25, 0.3) is 0 Å². The van der Waals surface area contributed by atoms with E-state index in [1.54, 1.807) is 32.4 Å². The molecule has 0 saturated heterocycles. The third-order valence-electron chi connectivity index (χ3n) is 4.29. The minimum atomic E-state index is -3.29. The minimum Gasteiger partial charge on any atom is -0.493 e. The van der Waals surface area contributed by atoms with Crippen molar-refractivity contribution in [2.45, 2.75) is 19.5 Å². The van der Waals surface area contributed by atoms with Crippen LogP contribution in [0.5, 0.6) is 11.5 Å². The molecule has 1 amide bonds. The van der Waals surface area contributed by atoms with Crippen molar-refractivity contribution in [3.63, 3.8) is 0 Å². The van der Waals surface area contributed by atoms with Gasteiger partial charge in [0.1, 0.15) is 11.5 Å². The van der Waals surface area contributed by atoms with E-state index in [-0.39, 0.29) is 18.5 Å². The number of methoxy groups -OCH3 is 2. The standard InChI is InChI=1S/C20H26N2O6S/c1-14(15-6-10-18(26-3)19(12-15)27-4)21-20(23)11-9-16-7-8-17(28-16)13-22(2)29(5,24)25/h6-12,14H,13H2,1-5H3,(H,21,23)/b11-9+/t14-/m0/s1. The van der Waals surface area contributed by atoms with Gasteiger partial charge in [0, 0.05) is 13.1 Å². The predicted molar refractivity (Wildman–Crippen MR) is 110 cm³/mol. The Balaban J connectivity index is 1.98. The van der Waals surface area contributed by atoms with E-state index in [0.29, 0.717) is 23.0 Å². The molecule has 0 aliphatic rings. The maximum atomic E-state index is 12.2. The van der Waals surface area contributed by atoms with E-state index in [2.05, 4.69) is 5.32 Å². The van der Waals surface area contributed by atoms with Crippen molar-refractivity contribution in [1.82, 2.24) is 9.62 Å². The number of furan rings is 1. The first-order chi connectivity index (χ1) is 13.6. The van der Waals surface area contributed by atoms with E-state index >= 15 is 0 Å². The zero-order valence-corrected chi connectivity index (χ0v) is 17.9. The first kappa shape index (κ1) is 22.5. The summed E-state index contributed by atoms with van der Waals surface area (Å²) in [4.78, 5) is 12.2. The van der Waals surface area contributed by atoms with Crippen molar-refractivity contribution in [1.29, 1.82) is 0 Å². The van der Waals surface area contributed by atoms with Gasteiger partial charge in [-0.15, -0.1) is 0 Å². The highest BCUT2D eigenvalue weighted by atomic mass is 32.2. The van der Waals surface area contributed by atoms with Crippen LogP contribution >= 0.6 is 0 Å². The monoisotopic (exact) mass is 422 g/mol. The average molecular weight is 423 g/mol. The first-order valence-corrected chi connectivity index (χ1v) is 10.7. The fourth-order valence-electron chi connectivity index (χ4n) is 2.53. The number of nitrogens with one attached hydrogen (secondary N) is 1. The molecular formula is C20H26N2O6S. The molecule has 1 aromatic heterocycles. The van der Waals surface area contributed by atoms with Gasteiger partial charge in [-0.05, 0) is 42.8 Å². The van der Waals surface area contributed by atoms with Gasteiger partial charge < -0.3 is 19.2 Å². The van der Waals surface area contributed by atoms with Crippen molar-refractivity contribution in [3.8, 4) is 11.5 Å². The van der Waals surface area contributed by atoms with Gasteiger partial charge in [-0.2, -0.15) is 4.31 Å². The molecule has 0 bridgehead atoms. The molecule has 0 aliphatic carbocycles. The molecule has 0 radical (unpaired) electrons. The van der Waals surface area contributed by atoms with Crippen LogP contribution in [0, 0.1) is 0 Å². The number of sulfonamides is 1. The van der Waals surface area contributed by atoms with Gasteiger partial charge in [-0.25, -0.2) is 8.42 Å². The van der Waals surface area contributed by atoms with E-state index < -0.39 is 10.0 Å². The first-order valence-electron chi connectivity index (χ1n) is 8.84. The van der Waals surface area contributed by atoms with E-state index in [1.165, 1.54) is 23.5 Å². The van der Waals surface area contributed by atoms with Crippen LogP contribution < -0.4 is 14.8 Å². The molecule has 0 unspecified atom stereocenters. The summed E-state index contributed by atoms with van der Waals surface area (Å²) in [6, 6.07) is 8.54. The number of amides is 1. The normalized spacial score (nSPS) is 12.9. The summed E-state index contributed by atoms with van der Waals surface area (Å²) < 4.78 is 40.1. The van der Waals surface area contributed by atoms with Crippen LogP contribution in [0.15, 0.2) is 40.8 Å². The second-order valence-corrected chi connectivity index (χ2v) is 8.59. The maximum absolute atomic E-state index is 12.2. The Morgan fingerprint density at radius 2 is 1.90 bits per heavy atom. The lowest BCUT2D eigenvalue weighted by Crippen LogP contribution is -2.24. The highest BCUT2D eigenvalue weighted by Crippen LogP contribution is 2.29. The fraction of sp³-hybridized carbons (Fsp3) is 0.350. The van der Waals surface area contributed by atoms with E-state index in [1.807, 2.05) is 19.1 Å². The van der Waals surface area contributed by atoms with E-state index in [9.17, 15) is 13.2 Å². The number of benzene rings is 1. The van der Waals surface area contributed by atoms with Crippen LogP contribution in [0.4, 0.5) is 0 Å². The minimum absolute atomic E-state index is 0.120. The molecule has 1 heterocycles. The van der Waals surface area contributed by atoms with Gasteiger partial charge in [-0.1, -0.05) is 6.07 Å². The Bertz CT molecular complexity index is 981. The molecule has 158 valence electrons. The van der Waals surface area contributed by atoms with Gasteiger partial charge in [0.05, 0.1) is 33.1 Å². The second-order valence-electron chi connectivity index (χ2n) is 6.50. The lowest BCUT2D eigenvalue weighted by atomic mass is 10.1. The lowest BCUT2D eigenvalue weighted by Gasteiger charge is -2.15. The third-order valence-corrected chi connectivity index (χ3v) is 5.55. The van der Waals surface area contributed by atoms with Gasteiger partial charge in [0.2, 0.25) is 15.9 Å². The molecule has 0 aliphatic heterocycles. The Kier molecular flexibility index (Phi) is 7.46. The molecule has 1 N–H and O–H groups in total. The van der Waals surface area contributed by atoms with Crippen LogP contribution in [0.1, 0.15) is 30.0 Å². The van der Waals surface area contributed by atoms with Crippen molar-refractivity contribution >= 4 is 22.0 Å². The molecule has 2 aromatic rings. The molecule has 0 fully saturated rings. The average Bonchev–Trinajstić information content (AvgIpc) is 3.12. The Labute approximate surface area is 171 Å². The summed E-state index contributed by atoms with van der Waals surface area (Å²) in [6.45, 7) is 1.98. The number of hydrogen-bond acceptors (Lipinski definition) is 6. The van der Waals surface area contributed by atoms with E-state index in [0.717, 1.165) is 11.8 Å². The second kappa shape index (κ2) is 9.62.